The number of hydrogen-bond donors (Lipinski definition) is 2. The fourth-order valence-corrected chi connectivity index (χ4v) is 3.03. The molecule has 0 saturated heterocycles. The van der Waals surface area contributed by atoms with Crippen molar-refractivity contribution >= 4 is 12.0 Å². The first kappa shape index (κ1) is 25.5. The van der Waals surface area contributed by atoms with Gasteiger partial charge < -0.3 is 24.8 Å². The van der Waals surface area contributed by atoms with Crippen LogP contribution in [0, 0.1) is 0 Å². The van der Waals surface area contributed by atoms with Gasteiger partial charge in [0.25, 0.3) is 0 Å². The van der Waals surface area contributed by atoms with Crippen LogP contribution in [0.1, 0.15) is 64.0 Å². The monoisotopic (exact) mass is 420 g/mol. The first-order valence-electron chi connectivity index (χ1n) is 10.2. The van der Waals surface area contributed by atoms with Crippen LogP contribution in [0.4, 0.5) is 4.79 Å². The molecule has 0 spiro atoms. The van der Waals surface area contributed by atoms with E-state index in [1.165, 1.54) is 0 Å². The number of hydrogen-bond acceptors (Lipinski definition) is 5. The van der Waals surface area contributed by atoms with E-state index in [9.17, 15) is 9.59 Å². The summed E-state index contributed by atoms with van der Waals surface area (Å²) in [6.07, 6.45) is 1.09. The Balaban J connectivity index is 3.01. The van der Waals surface area contributed by atoms with Gasteiger partial charge in [-0.15, -0.1) is 0 Å². The zero-order valence-electron chi connectivity index (χ0n) is 19.1. The molecule has 0 aromatic heterocycles. The maximum Gasteiger partial charge on any atom is 0.407 e. The van der Waals surface area contributed by atoms with Crippen molar-refractivity contribution in [2.75, 3.05) is 20.8 Å². The van der Waals surface area contributed by atoms with Gasteiger partial charge in [0.05, 0.1) is 13.7 Å². The topological polar surface area (TPSA) is 85.9 Å². The number of ether oxygens (including phenoxy) is 3. The van der Waals surface area contributed by atoms with E-state index in [-0.39, 0.29) is 11.8 Å². The van der Waals surface area contributed by atoms with Crippen molar-refractivity contribution in [2.24, 2.45) is 0 Å². The van der Waals surface area contributed by atoms with E-state index >= 15 is 0 Å². The normalized spacial score (nSPS) is 12.1. The number of methoxy groups -OCH3 is 2. The van der Waals surface area contributed by atoms with Gasteiger partial charge in [-0.2, -0.15) is 0 Å². The second-order valence-corrected chi connectivity index (χ2v) is 8.12. The van der Waals surface area contributed by atoms with Crippen molar-refractivity contribution in [3.05, 3.63) is 41.6 Å². The molecule has 0 aliphatic carbocycles. The summed E-state index contributed by atoms with van der Waals surface area (Å²) in [5.41, 5.74) is 2.14. The lowest BCUT2D eigenvalue weighted by Crippen LogP contribution is -2.33. The standard InChI is InChI=1S/C23H36N2O5/c1-8-21(26)25-16(2)13-17(11-12-24-22(27)30-23(3,4)5)20-14-19(29-7)10-9-18(20)15-28-6/h9-10,14,17H,2,8,11-13,15H2,1,3-7H3,(H,24,27)(H,25,26)/t17-/m0/s1. The lowest BCUT2D eigenvalue weighted by molar-refractivity contribution is -0.120. The van der Waals surface area contributed by atoms with Gasteiger partial charge in [0.2, 0.25) is 5.91 Å². The van der Waals surface area contributed by atoms with E-state index in [1.807, 2.05) is 39.0 Å². The Morgan fingerprint density at radius 2 is 1.90 bits per heavy atom. The molecule has 2 N–H and O–H groups in total. The van der Waals surface area contributed by atoms with Crippen LogP contribution < -0.4 is 15.4 Å². The van der Waals surface area contributed by atoms with Crippen LogP contribution in [0.2, 0.25) is 0 Å². The summed E-state index contributed by atoms with van der Waals surface area (Å²) in [6.45, 7) is 12.1. The quantitative estimate of drug-likeness (QED) is 0.558. The third-order valence-electron chi connectivity index (χ3n) is 4.38. The zero-order chi connectivity index (χ0) is 22.7. The smallest absolute Gasteiger partial charge is 0.407 e. The summed E-state index contributed by atoms with van der Waals surface area (Å²) in [4.78, 5) is 23.8. The van der Waals surface area contributed by atoms with Gasteiger partial charge in [0, 0.05) is 25.8 Å². The van der Waals surface area contributed by atoms with E-state index in [4.69, 9.17) is 14.2 Å². The molecule has 0 fully saturated rings. The number of alkyl carbamates (subject to hydrolysis) is 1. The van der Waals surface area contributed by atoms with Gasteiger partial charge in [-0.3, -0.25) is 4.79 Å². The number of amides is 2. The van der Waals surface area contributed by atoms with Crippen LogP contribution in [-0.2, 0) is 20.9 Å². The SMILES string of the molecule is C=C(C[C@H](CCNC(=O)OC(C)(C)C)c1cc(OC)ccc1COC)NC(=O)CC. The van der Waals surface area contributed by atoms with Crippen molar-refractivity contribution in [3.63, 3.8) is 0 Å². The Labute approximate surface area is 180 Å². The Morgan fingerprint density at radius 3 is 2.47 bits per heavy atom. The lowest BCUT2D eigenvalue weighted by atomic mass is 9.87. The van der Waals surface area contributed by atoms with Crippen molar-refractivity contribution in [1.82, 2.24) is 10.6 Å². The predicted octanol–water partition coefficient (Wildman–Crippen LogP) is 4.27. The average Bonchev–Trinajstić information content (AvgIpc) is 2.66. The van der Waals surface area contributed by atoms with Crippen LogP contribution in [0.3, 0.4) is 0 Å². The number of rotatable bonds is 11. The van der Waals surface area contributed by atoms with Crippen molar-refractivity contribution in [1.29, 1.82) is 0 Å². The summed E-state index contributed by atoms with van der Waals surface area (Å²) in [6, 6.07) is 5.84. The van der Waals surface area contributed by atoms with Gasteiger partial charge in [-0.1, -0.05) is 19.6 Å². The highest BCUT2D eigenvalue weighted by atomic mass is 16.6. The molecule has 0 radical (unpaired) electrons. The molecule has 1 aromatic carbocycles. The maximum absolute atomic E-state index is 12.0. The summed E-state index contributed by atoms with van der Waals surface area (Å²) in [5.74, 6) is 0.649. The van der Waals surface area contributed by atoms with Gasteiger partial charge in [-0.05, 0) is 62.8 Å². The number of carbonyl (C=O) groups excluding carboxylic acids is 2. The first-order chi connectivity index (χ1) is 14.1. The van der Waals surface area contributed by atoms with Crippen molar-refractivity contribution < 1.29 is 23.8 Å². The zero-order valence-corrected chi connectivity index (χ0v) is 19.1. The van der Waals surface area contributed by atoms with E-state index in [1.54, 1.807) is 21.1 Å². The minimum Gasteiger partial charge on any atom is -0.497 e. The van der Waals surface area contributed by atoms with Gasteiger partial charge >= 0.3 is 6.09 Å². The largest absolute Gasteiger partial charge is 0.497 e. The van der Waals surface area contributed by atoms with E-state index in [0.29, 0.717) is 38.1 Å². The highest BCUT2D eigenvalue weighted by Gasteiger charge is 2.20. The van der Waals surface area contributed by atoms with E-state index < -0.39 is 11.7 Å². The van der Waals surface area contributed by atoms with E-state index in [2.05, 4.69) is 17.2 Å². The van der Waals surface area contributed by atoms with Crippen molar-refractivity contribution in [3.8, 4) is 5.75 Å². The molecule has 1 aromatic rings. The van der Waals surface area contributed by atoms with Crippen LogP contribution in [0.25, 0.3) is 0 Å². The third-order valence-corrected chi connectivity index (χ3v) is 4.38. The molecule has 0 aliphatic rings. The molecule has 168 valence electrons. The summed E-state index contributed by atoms with van der Waals surface area (Å²) in [7, 11) is 3.27. The Morgan fingerprint density at radius 1 is 1.20 bits per heavy atom. The van der Waals surface area contributed by atoms with Crippen LogP contribution in [-0.4, -0.2) is 38.4 Å². The second kappa shape index (κ2) is 12.2. The lowest BCUT2D eigenvalue weighted by Gasteiger charge is -2.24. The van der Waals surface area contributed by atoms with Gasteiger partial charge in [0.15, 0.2) is 0 Å². The predicted molar refractivity (Wildman–Crippen MR) is 117 cm³/mol. The molecular weight excluding hydrogens is 384 g/mol. The molecule has 2 amide bonds. The molecular formula is C23H36N2O5. The fourth-order valence-electron chi connectivity index (χ4n) is 3.03. The number of allylic oxidation sites excluding steroid dienone is 1. The fraction of sp³-hybridized carbons (Fsp3) is 0.565. The summed E-state index contributed by atoms with van der Waals surface area (Å²) < 4.78 is 16.1. The maximum atomic E-state index is 12.0. The second-order valence-electron chi connectivity index (χ2n) is 8.12. The Hall–Kier alpha value is -2.54. The molecule has 1 rings (SSSR count). The molecule has 30 heavy (non-hydrogen) atoms. The molecule has 0 saturated carbocycles. The van der Waals surface area contributed by atoms with Crippen LogP contribution in [0.15, 0.2) is 30.5 Å². The summed E-state index contributed by atoms with van der Waals surface area (Å²) in [5, 5.41) is 5.64. The molecule has 7 nitrogen and oxygen atoms in total. The van der Waals surface area contributed by atoms with Gasteiger partial charge in [-0.25, -0.2) is 4.79 Å². The highest BCUT2D eigenvalue weighted by Crippen LogP contribution is 2.32. The Kier molecular flexibility index (Phi) is 10.4. The summed E-state index contributed by atoms with van der Waals surface area (Å²) >= 11 is 0. The minimum atomic E-state index is -0.555. The highest BCUT2D eigenvalue weighted by molar-refractivity contribution is 5.77. The van der Waals surface area contributed by atoms with E-state index in [0.717, 1.165) is 16.9 Å². The Bertz CT molecular complexity index is 725. The molecule has 7 heteroatoms. The first-order valence-corrected chi connectivity index (χ1v) is 10.2. The van der Waals surface area contributed by atoms with Crippen LogP contribution >= 0.6 is 0 Å². The molecule has 0 unspecified atom stereocenters. The molecule has 0 aliphatic heterocycles. The molecule has 0 bridgehead atoms. The third kappa shape index (κ3) is 9.31. The molecule has 1 atom stereocenters. The number of benzene rings is 1. The number of carbonyl (C=O) groups is 2. The molecule has 0 heterocycles. The minimum absolute atomic E-state index is 0.00940. The van der Waals surface area contributed by atoms with Gasteiger partial charge in [0.1, 0.15) is 11.4 Å². The van der Waals surface area contributed by atoms with Crippen molar-refractivity contribution in [2.45, 2.75) is 65.1 Å². The van der Waals surface area contributed by atoms with Crippen LogP contribution in [0.5, 0.6) is 5.75 Å². The number of nitrogens with one attached hydrogen (secondary N) is 2. The average molecular weight is 421 g/mol.